The Morgan fingerprint density at radius 3 is 2.61 bits per heavy atom. The van der Waals surface area contributed by atoms with Crippen molar-refractivity contribution in [2.45, 2.75) is 13.8 Å². The van der Waals surface area contributed by atoms with E-state index in [0.29, 0.717) is 11.5 Å². The molecule has 0 aromatic carbocycles. The fraction of sp³-hybridized carbons (Fsp3) is 0.188. The Balaban J connectivity index is 1.99. The highest BCUT2D eigenvalue weighted by Gasteiger charge is 2.17. The Hall–Kier alpha value is -3.09. The molecule has 0 atom stereocenters. The molecule has 0 spiro atoms. The molecule has 116 valence electrons. The van der Waals surface area contributed by atoms with Crippen LogP contribution in [-0.4, -0.2) is 30.6 Å². The second-order valence-corrected chi connectivity index (χ2v) is 5.24. The predicted molar refractivity (Wildman–Crippen MR) is 85.9 cm³/mol. The topological polar surface area (TPSA) is 85.6 Å². The van der Waals surface area contributed by atoms with Crippen LogP contribution < -0.4 is 5.32 Å². The van der Waals surface area contributed by atoms with Gasteiger partial charge in [-0.1, -0.05) is 0 Å². The first-order valence-electron chi connectivity index (χ1n) is 7.09. The van der Waals surface area contributed by atoms with Gasteiger partial charge in [0.25, 0.3) is 5.91 Å². The zero-order valence-electron chi connectivity index (χ0n) is 13.1. The van der Waals surface area contributed by atoms with Crippen molar-refractivity contribution >= 4 is 11.7 Å². The van der Waals surface area contributed by atoms with E-state index in [1.165, 1.54) is 6.33 Å². The van der Waals surface area contributed by atoms with Gasteiger partial charge < -0.3 is 5.32 Å². The number of anilines is 1. The number of amides is 1. The van der Waals surface area contributed by atoms with E-state index in [4.69, 9.17) is 0 Å². The molecular weight excluding hydrogens is 292 g/mol. The monoisotopic (exact) mass is 308 g/mol. The number of pyridine rings is 1. The van der Waals surface area contributed by atoms with Crippen LogP contribution in [0.15, 0.2) is 37.1 Å². The fourth-order valence-electron chi connectivity index (χ4n) is 2.35. The van der Waals surface area contributed by atoms with Gasteiger partial charge in [0.15, 0.2) is 5.82 Å². The predicted octanol–water partition coefficient (Wildman–Crippen LogP) is 2.14. The first kappa shape index (κ1) is 14.8. The van der Waals surface area contributed by atoms with Crippen LogP contribution in [0.5, 0.6) is 0 Å². The van der Waals surface area contributed by atoms with Gasteiger partial charge in [0.05, 0.1) is 0 Å². The van der Waals surface area contributed by atoms with Crippen molar-refractivity contribution in [2.24, 2.45) is 7.05 Å². The fourth-order valence-corrected chi connectivity index (χ4v) is 2.35. The SMILES string of the molecule is Cc1cc(-c2cncnc2)c(C)c(C(=O)Nc2ccn(C)n2)n1. The summed E-state index contributed by atoms with van der Waals surface area (Å²) in [6.45, 7) is 3.71. The summed E-state index contributed by atoms with van der Waals surface area (Å²) in [4.78, 5) is 25.0. The van der Waals surface area contributed by atoms with Crippen LogP contribution in [-0.2, 0) is 7.05 Å². The summed E-state index contributed by atoms with van der Waals surface area (Å²) in [5, 5.41) is 6.91. The highest BCUT2D eigenvalue weighted by molar-refractivity contribution is 6.04. The molecule has 0 saturated heterocycles. The highest BCUT2D eigenvalue weighted by Crippen LogP contribution is 2.25. The first-order valence-corrected chi connectivity index (χ1v) is 7.09. The van der Waals surface area contributed by atoms with Gasteiger partial charge >= 0.3 is 0 Å². The van der Waals surface area contributed by atoms with Gasteiger partial charge in [-0.25, -0.2) is 15.0 Å². The Bertz CT molecular complexity index is 856. The van der Waals surface area contributed by atoms with Crippen molar-refractivity contribution in [3.8, 4) is 11.1 Å². The average Bonchev–Trinajstić information content (AvgIpc) is 2.95. The number of carbonyl (C=O) groups is 1. The minimum absolute atomic E-state index is 0.289. The number of aryl methyl sites for hydroxylation is 2. The lowest BCUT2D eigenvalue weighted by atomic mass is 10.0. The quantitative estimate of drug-likeness (QED) is 0.801. The second-order valence-electron chi connectivity index (χ2n) is 5.24. The first-order chi connectivity index (χ1) is 11.0. The van der Waals surface area contributed by atoms with Crippen LogP contribution in [0, 0.1) is 13.8 Å². The molecule has 0 aliphatic heterocycles. The third-order valence-corrected chi connectivity index (χ3v) is 3.44. The van der Waals surface area contributed by atoms with Crippen LogP contribution in [0.4, 0.5) is 5.82 Å². The molecule has 3 aromatic heterocycles. The molecule has 3 rings (SSSR count). The van der Waals surface area contributed by atoms with Crippen molar-refractivity contribution in [1.29, 1.82) is 0 Å². The summed E-state index contributed by atoms with van der Waals surface area (Å²) in [6, 6.07) is 3.65. The van der Waals surface area contributed by atoms with Crippen molar-refractivity contribution < 1.29 is 4.79 Å². The van der Waals surface area contributed by atoms with Crippen LogP contribution in [0.3, 0.4) is 0 Å². The van der Waals surface area contributed by atoms with E-state index in [-0.39, 0.29) is 5.91 Å². The zero-order valence-corrected chi connectivity index (χ0v) is 13.1. The van der Waals surface area contributed by atoms with Gasteiger partial charge in [0.2, 0.25) is 0 Å². The summed E-state index contributed by atoms with van der Waals surface area (Å²) in [6.07, 6.45) is 6.67. The van der Waals surface area contributed by atoms with E-state index in [0.717, 1.165) is 22.4 Å². The molecule has 0 saturated carbocycles. The minimum Gasteiger partial charge on any atom is -0.304 e. The van der Waals surface area contributed by atoms with Crippen LogP contribution in [0.25, 0.3) is 11.1 Å². The molecule has 0 unspecified atom stereocenters. The molecule has 1 amide bonds. The number of hydrogen-bond donors (Lipinski definition) is 1. The zero-order chi connectivity index (χ0) is 16.4. The lowest BCUT2D eigenvalue weighted by molar-refractivity contribution is 0.102. The van der Waals surface area contributed by atoms with E-state index < -0.39 is 0 Å². The molecule has 0 radical (unpaired) electrons. The van der Waals surface area contributed by atoms with Crippen LogP contribution in [0.2, 0.25) is 0 Å². The number of nitrogens with one attached hydrogen (secondary N) is 1. The Kier molecular flexibility index (Phi) is 3.84. The molecule has 23 heavy (non-hydrogen) atoms. The summed E-state index contributed by atoms with van der Waals surface area (Å²) in [5.41, 5.74) is 3.64. The van der Waals surface area contributed by atoms with Gasteiger partial charge in [-0.2, -0.15) is 5.10 Å². The smallest absolute Gasteiger partial charge is 0.275 e. The third kappa shape index (κ3) is 3.08. The Morgan fingerprint density at radius 1 is 1.22 bits per heavy atom. The molecule has 7 nitrogen and oxygen atoms in total. The normalized spacial score (nSPS) is 10.6. The molecule has 3 aromatic rings. The molecule has 0 aliphatic rings. The average molecular weight is 308 g/mol. The number of hydrogen-bond acceptors (Lipinski definition) is 5. The van der Waals surface area contributed by atoms with Gasteiger partial charge in [0.1, 0.15) is 12.0 Å². The molecule has 1 N–H and O–H groups in total. The van der Waals surface area contributed by atoms with Crippen molar-refractivity contribution in [3.63, 3.8) is 0 Å². The standard InChI is InChI=1S/C16H16N6O/c1-10-6-13(12-7-17-9-18-8-12)11(2)15(19-10)16(23)20-14-4-5-22(3)21-14/h4-9H,1-3H3,(H,20,21,23). The maximum atomic E-state index is 12.5. The maximum Gasteiger partial charge on any atom is 0.275 e. The van der Waals surface area contributed by atoms with Crippen LogP contribution >= 0.6 is 0 Å². The summed E-state index contributed by atoms with van der Waals surface area (Å²) < 4.78 is 1.62. The molecule has 7 heteroatoms. The van der Waals surface area contributed by atoms with E-state index >= 15 is 0 Å². The van der Waals surface area contributed by atoms with Gasteiger partial charge in [-0.05, 0) is 31.0 Å². The molecular formula is C16H16N6O. The molecule has 0 aliphatic carbocycles. The maximum absolute atomic E-state index is 12.5. The van der Waals surface area contributed by atoms with Crippen molar-refractivity contribution in [2.75, 3.05) is 5.32 Å². The molecule has 0 bridgehead atoms. The number of carbonyl (C=O) groups excluding carboxylic acids is 1. The Morgan fingerprint density at radius 2 is 1.96 bits per heavy atom. The summed E-state index contributed by atoms with van der Waals surface area (Å²) >= 11 is 0. The Labute approximate surface area is 133 Å². The number of rotatable bonds is 3. The van der Waals surface area contributed by atoms with Gasteiger partial charge in [-0.3, -0.25) is 9.48 Å². The van der Waals surface area contributed by atoms with E-state index in [1.54, 1.807) is 36.4 Å². The largest absolute Gasteiger partial charge is 0.304 e. The number of nitrogens with zero attached hydrogens (tertiary/aromatic N) is 5. The highest BCUT2D eigenvalue weighted by atomic mass is 16.2. The van der Waals surface area contributed by atoms with Gasteiger partial charge in [0, 0.05) is 43.0 Å². The van der Waals surface area contributed by atoms with Crippen molar-refractivity contribution in [3.05, 3.63) is 54.0 Å². The van der Waals surface area contributed by atoms with E-state index in [2.05, 4.69) is 25.4 Å². The second kappa shape index (κ2) is 5.96. The third-order valence-electron chi connectivity index (χ3n) is 3.44. The van der Waals surface area contributed by atoms with Crippen LogP contribution in [0.1, 0.15) is 21.7 Å². The van der Waals surface area contributed by atoms with E-state index in [1.807, 2.05) is 19.9 Å². The van der Waals surface area contributed by atoms with Gasteiger partial charge in [-0.15, -0.1) is 0 Å². The molecule has 3 heterocycles. The number of aromatic nitrogens is 5. The van der Waals surface area contributed by atoms with E-state index in [9.17, 15) is 4.79 Å². The van der Waals surface area contributed by atoms with Crippen molar-refractivity contribution in [1.82, 2.24) is 24.7 Å². The molecule has 0 fully saturated rings. The lowest BCUT2D eigenvalue weighted by Gasteiger charge is -2.11. The minimum atomic E-state index is -0.289. The summed E-state index contributed by atoms with van der Waals surface area (Å²) in [5.74, 6) is 0.202. The lowest BCUT2D eigenvalue weighted by Crippen LogP contribution is -2.17. The summed E-state index contributed by atoms with van der Waals surface area (Å²) in [7, 11) is 1.79.